The van der Waals surface area contributed by atoms with Crippen LogP contribution in [-0.4, -0.2) is 33.2 Å². The van der Waals surface area contributed by atoms with E-state index in [0.717, 1.165) is 37.0 Å². The van der Waals surface area contributed by atoms with Gasteiger partial charge in [0.15, 0.2) is 0 Å². The van der Waals surface area contributed by atoms with Crippen LogP contribution < -0.4 is 0 Å². The topological polar surface area (TPSA) is 55.1 Å². The predicted molar refractivity (Wildman–Crippen MR) is 111 cm³/mol. The summed E-state index contributed by atoms with van der Waals surface area (Å²) < 4.78 is 20.3. The second-order valence-corrected chi connectivity index (χ2v) is 8.54. The van der Waals surface area contributed by atoms with Gasteiger partial charge in [-0.3, -0.25) is 4.90 Å². The number of likely N-dealkylation sites (tertiary alicyclic amines) is 1. The molecule has 0 N–H and O–H groups in total. The number of fused-ring (bicyclic) bond motifs is 1. The fourth-order valence-electron chi connectivity index (χ4n) is 3.89. The number of benzene rings is 2. The lowest BCUT2D eigenvalue weighted by molar-refractivity contribution is 0.139. The van der Waals surface area contributed by atoms with Gasteiger partial charge in [0.1, 0.15) is 5.82 Å². The van der Waals surface area contributed by atoms with Crippen LogP contribution in [0.25, 0.3) is 21.7 Å². The molecule has 0 radical (unpaired) electrons. The third kappa shape index (κ3) is 3.68. The second-order valence-electron chi connectivity index (χ2n) is 7.48. The number of hydrogen-bond acceptors (Lipinski definition) is 6. The van der Waals surface area contributed by atoms with Crippen molar-refractivity contribution >= 4 is 21.6 Å². The molecule has 0 bridgehead atoms. The number of halogens is 1. The van der Waals surface area contributed by atoms with Gasteiger partial charge in [0.05, 0.1) is 21.3 Å². The van der Waals surface area contributed by atoms with E-state index >= 15 is 0 Å². The van der Waals surface area contributed by atoms with Crippen molar-refractivity contribution in [2.45, 2.75) is 31.7 Å². The maximum absolute atomic E-state index is 13.1. The van der Waals surface area contributed by atoms with Crippen LogP contribution in [0.5, 0.6) is 0 Å². The highest BCUT2D eigenvalue weighted by atomic mass is 32.1. The number of aromatic nitrogens is 3. The molecule has 2 unspecified atom stereocenters. The summed E-state index contributed by atoms with van der Waals surface area (Å²) in [6.07, 6.45) is 2.26. The van der Waals surface area contributed by atoms with Crippen LogP contribution in [0.1, 0.15) is 42.6 Å². The average molecular weight is 409 g/mol. The molecule has 1 aliphatic rings. The largest absolute Gasteiger partial charge is 0.419 e. The molecule has 1 saturated heterocycles. The molecule has 5 rings (SSSR count). The summed E-state index contributed by atoms with van der Waals surface area (Å²) in [7, 11) is 0. The predicted octanol–water partition coefficient (Wildman–Crippen LogP) is 5.43. The molecule has 0 aliphatic carbocycles. The van der Waals surface area contributed by atoms with E-state index in [0.29, 0.717) is 17.7 Å². The van der Waals surface area contributed by atoms with E-state index in [9.17, 15) is 4.39 Å². The van der Waals surface area contributed by atoms with Gasteiger partial charge in [0.2, 0.25) is 11.8 Å². The monoisotopic (exact) mass is 408 g/mol. The van der Waals surface area contributed by atoms with Crippen molar-refractivity contribution in [2.24, 2.45) is 0 Å². The van der Waals surface area contributed by atoms with Gasteiger partial charge in [-0.2, -0.15) is 0 Å². The van der Waals surface area contributed by atoms with E-state index in [1.807, 2.05) is 6.07 Å². The summed E-state index contributed by atoms with van der Waals surface area (Å²) in [6, 6.07) is 14.4. The molecular formula is C22H21FN4OS. The molecule has 148 valence electrons. The van der Waals surface area contributed by atoms with Gasteiger partial charge in [0.25, 0.3) is 0 Å². The first-order chi connectivity index (χ1) is 14.2. The molecule has 7 heteroatoms. The van der Waals surface area contributed by atoms with Crippen LogP contribution in [0.2, 0.25) is 0 Å². The maximum atomic E-state index is 13.1. The molecule has 2 aromatic carbocycles. The number of rotatable bonds is 4. The van der Waals surface area contributed by atoms with Crippen molar-refractivity contribution < 1.29 is 8.81 Å². The zero-order valence-corrected chi connectivity index (χ0v) is 16.9. The second kappa shape index (κ2) is 7.65. The Morgan fingerprint density at radius 3 is 2.79 bits per heavy atom. The van der Waals surface area contributed by atoms with Crippen molar-refractivity contribution in [2.75, 3.05) is 13.1 Å². The van der Waals surface area contributed by atoms with Crippen molar-refractivity contribution in [3.8, 4) is 11.5 Å². The number of thiazole rings is 1. The standard InChI is InChI=1S/C22H21FN4OS/c1-14(20-25-26-21(28-20)15-8-10-17(23)11-9-15)27-12-4-5-16(13-27)22-24-18-6-2-3-7-19(18)29-22/h2-3,6-11,14,16H,4-5,12-13H2,1H3. The lowest BCUT2D eigenvalue weighted by atomic mass is 9.97. The van der Waals surface area contributed by atoms with Gasteiger partial charge in [-0.15, -0.1) is 21.5 Å². The molecule has 3 heterocycles. The van der Waals surface area contributed by atoms with Crippen molar-refractivity contribution in [3.05, 3.63) is 65.2 Å². The molecule has 1 aliphatic heterocycles. The van der Waals surface area contributed by atoms with E-state index in [-0.39, 0.29) is 11.9 Å². The smallest absolute Gasteiger partial charge is 0.247 e. The van der Waals surface area contributed by atoms with E-state index < -0.39 is 0 Å². The van der Waals surface area contributed by atoms with Crippen molar-refractivity contribution in [1.29, 1.82) is 0 Å². The quantitative estimate of drug-likeness (QED) is 0.451. The lowest BCUT2D eigenvalue weighted by Crippen LogP contribution is -2.36. The highest BCUT2D eigenvalue weighted by molar-refractivity contribution is 7.18. The summed E-state index contributed by atoms with van der Waals surface area (Å²) in [4.78, 5) is 7.25. The Hall–Kier alpha value is -2.64. The highest BCUT2D eigenvalue weighted by Crippen LogP contribution is 2.35. The van der Waals surface area contributed by atoms with Crippen molar-refractivity contribution in [1.82, 2.24) is 20.1 Å². The fraction of sp³-hybridized carbons (Fsp3) is 0.318. The molecular weight excluding hydrogens is 387 g/mol. The summed E-state index contributed by atoms with van der Waals surface area (Å²) >= 11 is 1.80. The molecule has 29 heavy (non-hydrogen) atoms. The van der Waals surface area contributed by atoms with Crippen LogP contribution in [0.4, 0.5) is 4.39 Å². The molecule has 2 aromatic heterocycles. The number of piperidine rings is 1. The number of hydrogen-bond donors (Lipinski definition) is 0. The van der Waals surface area contributed by atoms with Gasteiger partial charge >= 0.3 is 0 Å². The van der Waals surface area contributed by atoms with Gasteiger partial charge in [0, 0.05) is 18.0 Å². The van der Waals surface area contributed by atoms with Crippen LogP contribution in [-0.2, 0) is 0 Å². The number of para-hydroxylation sites is 1. The Balaban J connectivity index is 1.33. The van der Waals surface area contributed by atoms with Crippen LogP contribution in [0, 0.1) is 5.82 Å². The fourth-order valence-corrected chi connectivity index (χ4v) is 4.99. The van der Waals surface area contributed by atoms with Crippen LogP contribution >= 0.6 is 11.3 Å². The maximum Gasteiger partial charge on any atom is 0.247 e. The van der Waals surface area contributed by atoms with Gasteiger partial charge in [-0.25, -0.2) is 9.37 Å². The Morgan fingerprint density at radius 1 is 1.14 bits per heavy atom. The Kier molecular flexibility index (Phi) is 4.85. The molecule has 0 spiro atoms. The molecule has 1 fully saturated rings. The minimum atomic E-state index is -0.281. The minimum Gasteiger partial charge on any atom is -0.419 e. The minimum absolute atomic E-state index is 0.0221. The Labute approximate surface area is 172 Å². The molecule has 4 aromatic rings. The Bertz CT molecular complexity index is 1090. The number of nitrogens with zero attached hydrogens (tertiary/aromatic N) is 4. The lowest BCUT2D eigenvalue weighted by Gasteiger charge is -2.34. The van der Waals surface area contributed by atoms with Crippen LogP contribution in [0.15, 0.2) is 52.9 Å². The summed E-state index contributed by atoms with van der Waals surface area (Å²) in [5.41, 5.74) is 1.81. The molecule has 5 nitrogen and oxygen atoms in total. The van der Waals surface area contributed by atoms with Gasteiger partial charge in [-0.1, -0.05) is 12.1 Å². The first kappa shape index (κ1) is 18.4. The summed E-state index contributed by atoms with van der Waals surface area (Å²) in [5.74, 6) is 1.15. The SMILES string of the molecule is CC(c1nnc(-c2ccc(F)cc2)o1)N1CCCC(c2nc3ccccc3s2)C1. The third-order valence-corrected chi connectivity index (χ3v) is 6.75. The van der Waals surface area contributed by atoms with E-state index in [1.165, 1.54) is 21.8 Å². The van der Waals surface area contributed by atoms with Gasteiger partial charge < -0.3 is 4.42 Å². The summed E-state index contributed by atoms with van der Waals surface area (Å²) in [5, 5.41) is 9.63. The summed E-state index contributed by atoms with van der Waals surface area (Å²) in [6.45, 7) is 4.02. The van der Waals surface area contributed by atoms with Gasteiger partial charge in [-0.05, 0) is 62.7 Å². The average Bonchev–Trinajstić information content (AvgIpc) is 3.41. The highest BCUT2D eigenvalue weighted by Gasteiger charge is 2.29. The zero-order valence-electron chi connectivity index (χ0n) is 16.1. The first-order valence-corrected chi connectivity index (χ1v) is 10.7. The van der Waals surface area contributed by atoms with E-state index in [1.54, 1.807) is 23.5 Å². The van der Waals surface area contributed by atoms with E-state index in [2.05, 4.69) is 40.2 Å². The molecule has 2 atom stereocenters. The molecule has 0 amide bonds. The Morgan fingerprint density at radius 2 is 1.97 bits per heavy atom. The normalized spacial score (nSPS) is 18.9. The molecule has 0 saturated carbocycles. The van der Waals surface area contributed by atoms with E-state index in [4.69, 9.17) is 9.40 Å². The van der Waals surface area contributed by atoms with Crippen LogP contribution in [0.3, 0.4) is 0 Å². The zero-order chi connectivity index (χ0) is 19.8. The first-order valence-electron chi connectivity index (χ1n) is 9.86. The third-order valence-electron chi connectivity index (χ3n) is 5.55. The van der Waals surface area contributed by atoms with Crippen molar-refractivity contribution in [3.63, 3.8) is 0 Å².